The van der Waals surface area contributed by atoms with Gasteiger partial charge in [-0.15, -0.1) is 0 Å². The van der Waals surface area contributed by atoms with Crippen molar-refractivity contribution in [2.24, 2.45) is 5.41 Å². The van der Waals surface area contributed by atoms with Gasteiger partial charge in [-0.25, -0.2) is 17.5 Å². The Labute approximate surface area is 107 Å². The molecule has 0 amide bonds. The molecule has 102 valence electrons. The van der Waals surface area contributed by atoms with Gasteiger partial charge in [-0.1, -0.05) is 20.8 Å². The van der Waals surface area contributed by atoms with Crippen LogP contribution in [0, 0.1) is 18.2 Å². The lowest BCUT2D eigenvalue weighted by Crippen LogP contribution is -2.32. The first kappa shape index (κ1) is 14.9. The van der Waals surface area contributed by atoms with Crippen LogP contribution in [0.3, 0.4) is 0 Å². The summed E-state index contributed by atoms with van der Waals surface area (Å²) in [6.45, 7) is 7.40. The zero-order chi connectivity index (χ0) is 14.1. The maximum absolute atomic E-state index is 13.5. The number of halogens is 1. The number of hydrogen-bond acceptors (Lipinski definition) is 3. The summed E-state index contributed by atoms with van der Waals surface area (Å²) in [5, 5.41) is 0. The molecular weight excluding hydrogens is 255 g/mol. The Morgan fingerprint density at radius 1 is 1.33 bits per heavy atom. The van der Waals surface area contributed by atoms with E-state index in [0.29, 0.717) is 0 Å². The van der Waals surface area contributed by atoms with E-state index in [2.05, 4.69) is 4.72 Å². The van der Waals surface area contributed by atoms with Crippen molar-refractivity contribution in [3.63, 3.8) is 0 Å². The number of benzene rings is 1. The number of hydrogen-bond donors (Lipinski definition) is 2. The molecule has 0 fully saturated rings. The highest BCUT2D eigenvalue weighted by molar-refractivity contribution is 7.89. The first-order valence-electron chi connectivity index (χ1n) is 5.58. The first-order valence-corrected chi connectivity index (χ1v) is 7.06. The number of nitrogens with one attached hydrogen (secondary N) is 1. The topological polar surface area (TPSA) is 72.2 Å². The maximum Gasteiger partial charge on any atom is 0.241 e. The predicted molar refractivity (Wildman–Crippen MR) is 70.2 cm³/mol. The van der Waals surface area contributed by atoms with Crippen molar-refractivity contribution in [3.05, 3.63) is 23.5 Å². The summed E-state index contributed by atoms with van der Waals surface area (Å²) in [4.78, 5) is -0.107. The third-order valence-corrected chi connectivity index (χ3v) is 3.93. The molecule has 0 atom stereocenters. The van der Waals surface area contributed by atoms with Crippen LogP contribution in [-0.4, -0.2) is 15.0 Å². The molecule has 4 nitrogen and oxygen atoms in total. The van der Waals surface area contributed by atoms with Crippen LogP contribution in [0.1, 0.15) is 26.3 Å². The van der Waals surface area contributed by atoms with Crippen molar-refractivity contribution in [1.82, 2.24) is 4.72 Å². The van der Waals surface area contributed by atoms with E-state index in [4.69, 9.17) is 5.73 Å². The summed E-state index contributed by atoms with van der Waals surface area (Å²) < 4.78 is 40.1. The van der Waals surface area contributed by atoms with Gasteiger partial charge in [0.2, 0.25) is 10.0 Å². The van der Waals surface area contributed by atoms with Gasteiger partial charge in [-0.2, -0.15) is 0 Å². The smallest absolute Gasteiger partial charge is 0.241 e. The number of nitrogens with two attached hydrogens (primary N) is 1. The van der Waals surface area contributed by atoms with E-state index in [1.165, 1.54) is 13.0 Å². The Hall–Kier alpha value is -1.14. The quantitative estimate of drug-likeness (QED) is 0.828. The molecule has 0 aliphatic heterocycles. The van der Waals surface area contributed by atoms with Crippen LogP contribution in [0.2, 0.25) is 0 Å². The SMILES string of the molecule is Cc1c(F)cc(N)cc1S(=O)(=O)NCC(C)(C)C. The van der Waals surface area contributed by atoms with Crippen molar-refractivity contribution in [2.45, 2.75) is 32.6 Å². The average molecular weight is 274 g/mol. The Kier molecular flexibility index (Phi) is 4.02. The van der Waals surface area contributed by atoms with Crippen molar-refractivity contribution < 1.29 is 12.8 Å². The molecule has 1 aromatic rings. The molecule has 0 aromatic heterocycles. The maximum atomic E-state index is 13.5. The highest BCUT2D eigenvalue weighted by Gasteiger charge is 2.22. The summed E-state index contributed by atoms with van der Waals surface area (Å²) in [6, 6.07) is 2.38. The van der Waals surface area contributed by atoms with Crippen LogP contribution in [0.15, 0.2) is 17.0 Å². The molecule has 0 spiro atoms. The molecule has 0 saturated heterocycles. The van der Waals surface area contributed by atoms with Crippen molar-refractivity contribution >= 4 is 15.7 Å². The summed E-state index contributed by atoms with van der Waals surface area (Å²) in [5.74, 6) is -0.619. The number of sulfonamides is 1. The van der Waals surface area contributed by atoms with Gasteiger partial charge in [0.15, 0.2) is 0 Å². The van der Waals surface area contributed by atoms with Gasteiger partial charge < -0.3 is 5.73 Å². The molecule has 3 N–H and O–H groups in total. The molecule has 0 unspecified atom stereocenters. The largest absolute Gasteiger partial charge is 0.399 e. The lowest BCUT2D eigenvalue weighted by molar-refractivity contribution is 0.407. The van der Waals surface area contributed by atoms with Gasteiger partial charge in [-0.3, -0.25) is 0 Å². The molecule has 0 aliphatic rings. The van der Waals surface area contributed by atoms with Crippen LogP contribution in [0.25, 0.3) is 0 Å². The molecular formula is C12H19FN2O2S. The number of rotatable bonds is 3. The summed E-state index contributed by atoms with van der Waals surface area (Å²) in [6.07, 6.45) is 0. The second kappa shape index (κ2) is 4.85. The standard InChI is InChI=1S/C12H19FN2O2S/c1-8-10(13)5-9(14)6-11(8)18(16,17)15-7-12(2,3)4/h5-6,15H,7,14H2,1-4H3. The Morgan fingerprint density at radius 3 is 2.39 bits per heavy atom. The van der Waals surface area contributed by atoms with Crippen molar-refractivity contribution in [2.75, 3.05) is 12.3 Å². The molecule has 1 rings (SSSR count). The molecule has 0 radical (unpaired) electrons. The van der Waals surface area contributed by atoms with E-state index in [1.807, 2.05) is 20.8 Å². The summed E-state index contributed by atoms with van der Waals surface area (Å²) in [5.41, 5.74) is 5.45. The Balaban J connectivity index is 3.13. The lowest BCUT2D eigenvalue weighted by atomic mass is 9.98. The van der Waals surface area contributed by atoms with Crippen LogP contribution in [-0.2, 0) is 10.0 Å². The Morgan fingerprint density at radius 2 is 1.89 bits per heavy atom. The zero-order valence-electron chi connectivity index (χ0n) is 11.0. The van der Waals surface area contributed by atoms with E-state index in [9.17, 15) is 12.8 Å². The van der Waals surface area contributed by atoms with Crippen molar-refractivity contribution in [1.29, 1.82) is 0 Å². The minimum Gasteiger partial charge on any atom is -0.399 e. The highest BCUT2D eigenvalue weighted by Crippen LogP contribution is 2.22. The van der Waals surface area contributed by atoms with E-state index >= 15 is 0 Å². The molecule has 0 aliphatic carbocycles. The molecule has 18 heavy (non-hydrogen) atoms. The predicted octanol–water partition coefficient (Wildman–Crippen LogP) is 2.04. The van der Waals surface area contributed by atoms with Crippen LogP contribution in [0.5, 0.6) is 0 Å². The monoisotopic (exact) mass is 274 g/mol. The number of nitrogen functional groups attached to an aromatic ring is 1. The van der Waals surface area contributed by atoms with E-state index in [1.54, 1.807) is 0 Å². The fraction of sp³-hybridized carbons (Fsp3) is 0.500. The third kappa shape index (κ3) is 3.68. The van der Waals surface area contributed by atoms with Gasteiger partial charge in [-0.05, 0) is 24.5 Å². The second-order valence-corrected chi connectivity index (χ2v) is 7.25. The number of anilines is 1. The highest BCUT2D eigenvalue weighted by atomic mass is 32.2. The summed E-state index contributed by atoms with van der Waals surface area (Å²) in [7, 11) is -3.74. The Bertz CT molecular complexity index is 548. The third-order valence-electron chi connectivity index (χ3n) is 2.40. The fourth-order valence-electron chi connectivity index (χ4n) is 1.34. The molecule has 0 bridgehead atoms. The van der Waals surface area contributed by atoms with Crippen molar-refractivity contribution in [3.8, 4) is 0 Å². The fourth-order valence-corrected chi connectivity index (χ4v) is 2.91. The molecule has 0 saturated carbocycles. The average Bonchev–Trinajstić information content (AvgIpc) is 2.19. The van der Waals surface area contributed by atoms with Crippen LogP contribution < -0.4 is 10.5 Å². The van der Waals surface area contributed by atoms with E-state index < -0.39 is 15.8 Å². The van der Waals surface area contributed by atoms with Gasteiger partial charge in [0.25, 0.3) is 0 Å². The van der Waals surface area contributed by atoms with Gasteiger partial charge in [0.05, 0.1) is 4.90 Å². The molecule has 6 heteroatoms. The molecule has 0 heterocycles. The van der Waals surface area contributed by atoms with Gasteiger partial charge in [0.1, 0.15) is 5.82 Å². The normalized spacial score (nSPS) is 12.7. The zero-order valence-corrected chi connectivity index (χ0v) is 11.9. The lowest BCUT2D eigenvalue weighted by Gasteiger charge is -2.19. The van der Waals surface area contributed by atoms with Gasteiger partial charge >= 0.3 is 0 Å². The van der Waals surface area contributed by atoms with E-state index in [-0.39, 0.29) is 28.1 Å². The minimum absolute atomic E-state index is 0.0746. The minimum atomic E-state index is -3.74. The summed E-state index contributed by atoms with van der Waals surface area (Å²) >= 11 is 0. The van der Waals surface area contributed by atoms with Crippen LogP contribution >= 0.6 is 0 Å². The van der Waals surface area contributed by atoms with E-state index in [0.717, 1.165) is 6.07 Å². The van der Waals surface area contributed by atoms with Gasteiger partial charge in [0, 0.05) is 17.8 Å². The second-order valence-electron chi connectivity index (χ2n) is 5.51. The first-order chi connectivity index (χ1) is 8.03. The van der Waals surface area contributed by atoms with Crippen LogP contribution in [0.4, 0.5) is 10.1 Å². The molecule has 1 aromatic carbocycles.